The van der Waals surface area contributed by atoms with Gasteiger partial charge in [0.2, 0.25) is 0 Å². The van der Waals surface area contributed by atoms with Crippen molar-refractivity contribution in [3.63, 3.8) is 0 Å². The lowest BCUT2D eigenvalue weighted by molar-refractivity contribution is 1.30. The van der Waals surface area contributed by atoms with E-state index >= 15 is 0 Å². The van der Waals surface area contributed by atoms with Gasteiger partial charge in [0, 0.05) is 31.4 Å². The third kappa shape index (κ3) is 4.60. The summed E-state index contributed by atoms with van der Waals surface area (Å²) in [6.07, 6.45) is 0. The van der Waals surface area contributed by atoms with E-state index in [-0.39, 0.29) is 0 Å². The van der Waals surface area contributed by atoms with E-state index in [0.717, 1.165) is 11.4 Å². The van der Waals surface area contributed by atoms with Crippen LogP contribution in [0.2, 0.25) is 0 Å². The maximum Gasteiger partial charge on any atom is 0.0555 e. The van der Waals surface area contributed by atoms with Gasteiger partial charge in [-0.2, -0.15) is 0 Å². The minimum absolute atomic E-state index is 1.12. The van der Waals surface area contributed by atoms with Gasteiger partial charge in [-0.05, 0) is 115 Å². The van der Waals surface area contributed by atoms with Crippen molar-refractivity contribution in [2.45, 2.75) is 0 Å². The first kappa shape index (κ1) is 31.4. The van der Waals surface area contributed by atoms with Crippen LogP contribution in [0.3, 0.4) is 0 Å². The molecule has 2 heteroatoms. The Morgan fingerprint density at radius 1 is 0.304 bits per heavy atom. The molecule has 0 saturated heterocycles. The Labute approximate surface area is 330 Å². The molecule has 0 amide bonds. The molecular weight excluding hydrogens is 695 g/mol. The zero-order chi connectivity index (χ0) is 36.7. The van der Waals surface area contributed by atoms with Crippen LogP contribution >= 0.6 is 11.3 Å². The fourth-order valence-electron chi connectivity index (χ4n) is 9.37. The molecule has 12 rings (SSSR count). The molecule has 0 saturated carbocycles. The normalized spacial score (nSPS) is 11.9. The van der Waals surface area contributed by atoms with Crippen LogP contribution in [0.25, 0.3) is 98.1 Å². The fourth-order valence-corrected chi connectivity index (χ4v) is 10.5. The van der Waals surface area contributed by atoms with Crippen molar-refractivity contribution in [2.75, 3.05) is 4.90 Å². The van der Waals surface area contributed by atoms with E-state index in [1.165, 1.54) is 104 Å². The number of benzene rings is 9. The Morgan fingerprint density at radius 2 is 0.839 bits per heavy atom. The number of fused-ring (bicyclic) bond motifs is 7. The van der Waals surface area contributed by atoms with Crippen molar-refractivity contribution in [1.82, 2.24) is 0 Å². The van der Waals surface area contributed by atoms with E-state index in [1.807, 2.05) is 11.3 Å². The molecule has 2 aliphatic carbocycles. The fraction of sp³-hybridized carbons (Fsp3) is 0. The maximum atomic E-state index is 2.46. The van der Waals surface area contributed by atoms with Crippen molar-refractivity contribution in [1.29, 1.82) is 0 Å². The maximum absolute atomic E-state index is 2.46. The van der Waals surface area contributed by atoms with Crippen molar-refractivity contribution < 1.29 is 0 Å². The standard InChI is InChI=1S/C54H33NS/c1-2-13-35(14-3-1)38-15-6-8-23-48(38)55(49-24-12-26-51-54(49)46-18-7-9-25-50(46)56-51)37-30-27-34(28-31-37)36-29-32-40-43-20-11-21-44-45-22-10-19-42(53(45)47(40)33-36)39-16-4-5-17-41(39)52(43)44/h1-33H. The van der Waals surface area contributed by atoms with Gasteiger partial charge in [-0.1, -0.05) is 158 Å². The third-order valence-corrected chi connectivity index (χ3v) is 12.9. The van der Waals surface area contributed by atoms with Crippen LogP contribution in [0.1, 0.15) is 0 Å². The second-order valence-electron chi connectivity index (χ2n) is 14.8. The van der Waals surface area contributed by atoms with Gasteiger partial charge in [0.05, 0.1) is 11.4 Å². The Balaban J connectivity index is 1.04. The summed E-state index contributed by atoms with van der Waals surface area (Å²) in [5.41, 5.74) is 21.3. The van der Waals surface area contributed by atoms with E-state index in [1.54, 1.807) is 0 Å². The molecule has 0 unspecified atom stereocenters. The van der Waals surface area contributed by atoms with Crippen LogP contribution in [0.15, 0.2) is 200 Å². The van der Waals surface area contributed by atoms with Crippen LogP contribution in [0.5, 0.6) is 0 Å². The first-order valence-electron chi connectivity index (χ1n) is 19.3. The lowest BCUT2D eigenvalue weighted by Gasteiger charge is -2.29. The first-order chi connectivity index (χ1) is 27.8. The van der Waals surface area contributed by atoms with E-state index in [0.29, 0.717) is 0 Å². The average molecular weight is 728 g/mol. The largest absolute Gasteiger partial charge is 0.309 e. The molecule has 10 aromatic rings. The van der Waals surface area contributed by atoms with Crippen LogP contribution in [-0.2, 0) is 0 Å². The number of para-hydroxylation sites is 1. The molecule has 56 heavy (non-hydrogen) atoms. The number of anilines is 3. The summed E-state index contributed by atoms with van der Waals surface area (Å²) in [6, 6.07) is 74.0. The molecule has 1 nitrogen and oxygen atoms in total. The lowest BCUT2D eigenvalue weighted by Crippen LogP contribution is -2.11. The zero-order valence-corrected chi connectivity index (χ0v) is 31.2. The highest BCUT2D eigenvalue weighted by molar-refractivity contribution is 7.26. The summed E-state index contributed by atoms with van der Waals surface area (Å²) in [5.74, 6) is 0. The summed E-state index contributed by atoms with van der Waals surface area (Å²) in [5, 5.41) is 2.57. The molecular formula is C54H33NS. The Hall–Kier alpha value is -7.00. The number of hydrogen-bond donors (Lipinski definition) is 0. The van der Waals surface area contributed by atoms with E-state index < -0.39 is 0 Å². The van der Waals surface area contributed by atoms with Gasteiger partial charge in [0.25, 0.3) is 0 Å². The van der Waals surface area contributed by atoms with Crippen LogP contribution in [0.4, 0.5) is 17.1 Å². The highest BCUT2D eigenvalue weighted by Gasteiger charge is 2.30. The summed E-state index contributed by atoms with van der Waals surface area (Å²) < 4.78 is 2.59. The topological polar surface area (TPSA) is 3.24 Å². The van der Waals surface area contributed by atoms with Gasteiger partial charge in [0.1, 0.15) is 0 Å². The predicted octanol–water partition coefficient (Wildman–Crippen LogP) is 15.8. The van der Waals surface area contributed by atoms with Crippen LogP contribution in [0, 0.1) is 0 Å². The second kappa shape index (κ2) is 12.3. The summed E-state index contributed by atoms with van der Waals surface area (Å²) in [7, 11) is 0. The highest BCUT2D eigenvalue weighted by Crippen LogP contribution is 2.57. The number of thiophene rings is 1. The molecule has 2 aliphatic rings. The molecule has 1 heterocycles. The molecule has 0 spiro atoms. The second-order valence-corrected chi connectivity index (χ2v) is 15.9. The SMILES string of the molecule is c1ccc(-c2ccccc2N(c2ccc(-c3ccc4c(c3)-c3c5cccc3-c3cccc-4c3-c3ccccc3-5)cc2)c2cccc3sc4ccccc4c23)cc1. The Kier molecular flexibility index (Phi) is 6.87. The summed E-state index contributed by atoms with van der Waals surface area (Å²) in [4.78, 5) is 2.46. The van der Waals surface area contributed by atoms with Crippen LogP contribution in [-0.4, -0.2) is 0 Å². The molecule has 0 radical (unpaired) electrons. The van der Waals surface area contributed by atoms with E-state index in [2.05, 4.69) is 205 Å². The minimum Gasteiger partial charge on any atom is -0.309 e. The lowest BCUT2D eigenvalue weighted by atomic mass is 9.83. The quantitative estimate of drug-likeness (QED) is 0.171. The molecule has 1 aromatic heterocycles. The average Bonchev–Trinajstić information content (AvgIpc) is 3.61. The van der Waals surface area contributed by atoms with E-state index in [9.17, 15) is 0 Å². The molecule has 260 valence electrons. The van der Waals surface area contributed by atoms with Gasteiger partial charge in [-0.25, -0.2) is 0 Å². The highest BCUT2D eigenvalue weighted by atomic mass is 32.1. The molecule has 6 bridgehead atoms. The number of hydrogen-bond acceptors (Lipinski definition) is 2. The molecule has 9 aromatic carbocycles. The number of rotatable bonds is 5. The third-order valence-electron chi connectivity index (χ3n) is 11.8. The van der Waals surface area contributed by atoms with Crippen molar-refractivity contribution in [3.8, 4) is 77.9 Å². The smallest absolute Gasteiger partial charge is 0.0555 e. The first-order valence-corrected chi connectivity index (χ1v) is 20.1. The van der Waals surface area contributed by atoms with Gasteiger partial charge in [0.15, 0.2) is 0 Å². The molecule has 0 fully saturated rings. The van der Waals surface area contributed by atoms with Crippen molar-refractivity contribution >= 4 is 48.6 Å². The van der Waals surface area contributed by atoms with Crippen molar-refractivity contribution in [2.24, 2.45) is 0 Å². The minimum atomic E-state index is 1.12. The Morgan fingerprint density at radius 3 is 1.62 bits per heavy atom. The molecule has 0 atom stereocenters. The van der Waals surface area contributed by atoms with Crippen molar-refractivity contribution in [3.05, 3.63) is 200 Å². The Bertz CT molecular complexity index is 3170. The van der Waals surface area contributed by atoms with Gasteiger partial charge < -0.3 is 4.90 Å². The van der Waals surface area contributed by atoms with E-state index in [4.69, 9.17) is 0 Å². The van der Waals surface area contributed by atoms with Gasteiger partial charge >= 0.3 is 0 Å². The van der Waals surface area contributed by atoms with Gasteiger partial charge in [-0.3, -0.25) is 0 Å². The molecule has 0 N–H and O–H groups in total. The predicted molar refractivity (Wildman–Crippen MR) is 239 cm³/mol. The summed E-state index contributed by atoms with van der Waals surface area (Å²) in [6.45, 7) is 0. The molecule has 0 aliphatic heterocycles. The van der Waals surface area contributed by atoms with Gasteiger partial charge in [-0.15, -0.1) is 11.3 Å². The summed E-state index contributed by atoms with van der Waals surface area (Å²) >= 11 is 1.86. The zero-order valence-electron chi connectivity index (χ0n) is 30.4. The van der Waals surface area contributed by atoms with Crippen LogP contribution < -0.4 is 4.90 Å². The number of nitrogens with zero attached hydrogens (tertiary/aromatic N) is 1. The monoisotopic (exact) mass is 727 g/mol.